The number of rotatable bonds is 2. The van der Waals surface area contributed by atoms with Crippen LogP contribution in [0.4, 0.5) is 0 Å². The van der Waals surface area contributed by atoms with Crippen LogP contribution in [0.3, 0.4) is 0 Å². The van der Waals surface area contributed by atoms with E-state index in [0.29, 0.717) is 15.9 Å². The summed E-state index contributed by atoms with van der Waals surface area (Å²) >= 11 is 11.4. The summed E-state index contributed by atoms with van der Waals surface area (Å²) in [6.45, 7) is 1.76. The third kappa shape index (κ3) is 2.45. The van der Waals surface area contributed by atoms with E-state index in [-0.39, 0.29) is 11.9 Å². The summed E-state index contributed by atoms with van der Waals surface area (Å²) in [5, 5.41) is 6.72. The van der Waals surface area contributed by atoms with Crippen LogP contribution in [0, 0.1) is 0 Å². The van der Waals surface area contributed by atoms with Gasteiger partial charge in [-0.15, -0.1) is 0 Å². The van der Waals surface area contributed by atoms with Gasteiger partial charge >= 0.3 is 0 Å². The molecule has 0 bridgehead atoms. The molecule has 1 amide bonds. The van der Waals surface area contributed by atoms with Gasteiger partial charge in [-0.25, -0.2) is 0 Å². The van der Waals surface area contributed by atoms with E-state index < -0.39 is 0 Å². The monoisotopic (exact) mass is 247 g/mol. The third-order valence-corrected chi connectivity index (χ3v) is 3.06. The van der Waals surface area contributed by atoms with E-state index in [1.807, 2.05) is 0 Å². The normalized spacial score (nSPS) is 20.5. The summed E-state index contributed by atoms with van der Waals surface area (Å²) in [5.41, 5.74) is 0.400. The van der Waals surface area contributed by atoms with Crippen molar-refractivity contribution in [1.29, 1.82) is 0 Å². The van der Waals surface area contributed by atoms with Crippen molar-refractivity contribution in [3.63, 3.8) is 0 Å². The topological polar surface area (TPSA) is 56.9 Å². The van der Waals surface area contributed by atoms with Gasteiger partial charge in [-0.3, -0.25) is 4.79 Å². The van der Waals surface area contributed by atoms with Crippen LogP contribution in [0.1, 0.15) is 16.9 Å². The molecule has 6 heteroatoms. The van der Waals surface area contributed by atoms with Crippen molar-refractivity contribution in [2.75, 3.05) is 13.1 Å². The molecular formula is C9H11Cl2N3O. The molecule has 15 heavy (non-hydrogen) atoms. The molecule has 1 aliphatic rings. The van der Waals surface area contributed by atoms with Gasteiger partial charge in [-0.2, -0.15) is 0 Å². The molecule has 0 spiro atoms. The standard InChI is InChI=1S/C9H11Cl2N3O/c10-6-3-7(14-8(6)11)9(15)13-5-1-2-12-4-5/h3,5,12,14H,1-2,4H2,(H,13,15)/t5-/m0/s1. The third-order valence-electron chi connectivity index (χ3n) is 2.37. The van der Waals surface area contributed by atoms with Crippen LogP contribution in [0.5, 0.6) is 0 Å². The number of aromatic amines is 1. The van der Waals surface area contributed by atoms with Crippen molar-refractivity contribution in [2.45, 2.75) is 12.5 Å². The van der Waals surface area contributed by atoms with Gasteiger partial charge in [0.2, 0.25) is 0 Å². The van der Waals surface area contributed by atoms with Gasteiger partial charge < -0.3 is 15.6 Å². The second-order valence-corrected chi connectivity index (χ2v) is 4.29. The Morgan fingerprint density at radius 2 is 2.33 bits per heavy atom. The van der Waals surface area contributed by atoms with Crippen molar-refractivity contribution >= 4 is 29.1 Å². The highest BCUT2D eigenvalue weighted by Crippen LogP contribution is 2.21. The fraction of sp³-hybridized carbons (Fsp3) is 0.444. The van der Waals surface area contributed by atoms with Crippen molar-refractivity contribution < 1.29 is 4.79 Å². The second-order valence-electron chi connectivity index (χ2n) is 3.51. The van der Waals surface area contributed by atoms with Gasteiger partial charge in [0, 0.05) is 12.6 Å². The summed E-state index contributed by atoms with van der Waals surface area (Å²) in [6.07, 6.45) is 0.952. The van der Waals surface area contributed by atoms with Crippen LogP contribution in [-0.4, -0.2) is 30.0 Å². The maximum absolute atomic E-state index is 11.7. The first-order chi connectivity index (χ1) is 7.16. The van der Waals surface area contributed by atoms with Crippen LogP contribution in [-0.2, 0) is 0 Å². The predicted octanol–water partition coefficient (Wildman–Crippen LogP) is 1.41. The first-order valence-corrected chi connectivity index (χ1v) is 5.48. The minimum Gasteiger partial charge on any atom is -0.347 e. The Kier molecular flexibility index (Phi) is 3.19. The molecule has 2 heterocycles. The Labute approximate surface area is 97.3 Å². The van der Waals surface area contributed by atoms with E-state index in [0.717, 1.165) is 19.5 Å². The van der Waals surface area contributed by atoms with E-state index in [1.165, 1.54) is 6.07 Å². The largest absolute Gasteiger partial charge is 0.347 e. The zero-order valence-corrected chi connectivity index (χ0v) is 9.45. The number of amides is 1. The Morgan fingerprint density at radius 1 is 1.53 bits per heavy atom. The van der Waals surface area contributed by atoms with Gasteiger partial charge in [-0.05, 0) is 19.0 Å². The number of hydrogen-bond donors (Lipinski definition) is 3. The lowest BCUT2D eigenvalue weighted by molar-refractivity contribution is 0.0935. The summed E-state index contributed by atoms with van der Waals surface area (Å²) in [5.74, 6) is -0.169. The summed E-state index contributed by atoms with van der Waals surface area (Å²) in [4.78, 5) is 14.4. The molecular weight excluding hydrogens is 237 g/mol. The zero-order chi connectivity index (χ0) is 10.8. The Hall–Kier alpha value is -0.710. The zero-order valence-electron chi connectivity index (χ0n) is 7.94. The van der Waals surface area contributed by atoms with Gasteiger partial charge in [0.05, 0.1) is 5.02 Å². The molecule has 2 rings (SSSR count). The molecule has 1 saturated heterocycles. The molecule has 0 aliphatic carbocycles. The van der Waals surface area contributed by atoms with Gasteiger partial charge in [0.25, 0.3) is 5.91 Å². The van der Waals surface area contributed by atoms with Crippen molar-refractivity contribution in [3.8, 4) is 0 Å². The minimum absolute atomic E-state index is 0.169. The number of carbonyl (C=O) groups excluding carboxylic acids is 1. The van der Waals surface area contributed by atoms with Crippen LogP contribution < -0.4 is 10.6 Å². The van der Waals surface area contributed by atoms with Crippen molar-refractivity contribution in [1.82, 2.24) is 15.6 Å². The molecule has 1 aromatic rings. The van der Waals surface area contributed by atoms with E-state index in [9.17, 15) is 4.79 Å². The van der Waals surface area contributed by atoms with Gasteiger partial charge in [0.1, 0.15) is 10.8 Å². The highest BCUT2D eigenvalue weighted by Gasteiger charge is 2.19. The molecule has 0 unspecified atom stereocenters. The van der Waals surface area contributed by atoms with E-state index >= 15 is 0 Å². The number of aromatic nitrogens is 1. The molecule has 3 N–H and O–H groups in total. The molecule has 1 atom stereocenters. The maximum atomic E-state index is 11.7. The molecule has 1 fully saturated rings. The van der Waals surface area contributed by atoms with Crippen molar-refractivity contribution in [3.05, 3.63) is 21.9 Å². The first-order valence-electron chi connectivity index (χ1n) is 4.72. The maximum Gasteiger partial charge on any atom is 0.268 e. The summed E-state index contributed by atoms with van der Waals surface area (Å²) < 4.78 is 0. The van der Waals surface area contributed by atoms with Gasteiger partial charge in [-0.1, -0.05) is 23.2 Å². The van der Waals surface area contributed by atoms with Crippen LogP contribution in [0.2, 0.25) is 10.2 Å². The van der Waals surface area contributed by atoms with Crippen LogP contribution in [0.15, 0.2) is 6.07 Å². The number of carbonyl (C=O) groups is 1. The molecule has 1 aliphatic heterocycles. The first kappa shape index (κ1) is 10.8. The minimum atomic E-state index is -0.169. The summed E-state index contributed by atoms with van der Waals surface area (Å²) in [6, 6.07) is 1.72. The van der Waals surface area contributed by atoms with E-state index in [1.54, 1.807) is 0 Å². The number of nitrogens with one attached hydrogen (secondary N) is 3. The molecule has 82 valence electrons. The highest BCUT2D eigenvalue weighted by molar-refractivity contribution is 6.41. The fourth-order valence-corrected chi connectivity index (χ4v) is 1.88. The Balaban J connectivity index is 2.00. The van der Waals surface area contributed by atoms with Crippen LogP contribution in [0.25, 0.3) is 0 Å². The van der Waals surface area contributed by atoms with E-state index in [4.69, 9.17) is 23.2 Å². The smallest absolute Gasteiger partial charge is 0.268 e. The van der Waals surface area contributed by atoms with Crippen LogP contribution >= 0.6 is 23.2 Å². The van der Waals surface area contributed by atoms with Crippen molar-refractivity contribution in [2.24, 2.45) is 0 Å². The number of H-pyrrole nitrogens is 1. The van der Waals surface area contributed by atoms with Gasteiger partial charge in [0.15, 0.2) is 0 Å². The fourth-order valence-electron chi connectivity index (χ4n) is 1.57. The molecule has 0 radical (unpaired) electrons. The predicted molar refractivity (Wildman–Crippen MR) is 59.6 cm³/mol. The average Bonchev–Trinajstić information content (AvgIpc) is 2.78. The quantitative estimate of drug-likeness (QED) is 0.741. The lowest BCUT2D eigenvalue weighted by Gasteiger charge is -2.09. The molecule has 1 aromatic heterocycles. The average molecular weight is 248 g/mol. The van der Waals surface area contributed by atoms with E-state index in [2.05, 4.69) is 15.6 Å². The SMILES string of the molecule is O=C(N[C@H]1CCNC1)c1cc(Cl)c(Cl)[nH]1. The summed E-state index contributed by atoms with van der Waals surface area (Å²) in [7, 11) is 0. The number of halogens is 2. The Morgan fingerprint density at radius 3 is 2.87 bits per heavy atom. The Bertz CT molecular complexity index is 352. The second kappa shape index (κ2) is 4.43. The molecule has 0 aromatic carbocycles. The highest BCUT2D eigenvalue weighted by atomic mass is 35.5. The number of hydrogen-bond acceptors (Lipinski definition) is 2. The lowest BCUT2D eigenvalue weighted by Crippen LogP contribution is -2.36. The molecule has 0 saturated carbocycles. The molecule has 4 nitrogen and oxygen atoms in total. The lowest BCUT2D eigenvalue weighted by atomic mass is 10.2.